The molecule has 1 heterocycles. The number of rotatable bonds is 7. The van der Waals surface area contributed by atoms with Crippen LogP contribution in [0.3, 0.4) is 0 Å². The number of carbonyl (C=O) groups excluding carboxylic acids is 1. The van der Waals surface area contributed by atoms with Crippen LogP contribution in [0.4, 0.5) is 18.0 Å². The maximum Gasteiger partial charge on any atom is 0.411 e. The first-order valence-electron chi connectivity index (χ1n) is 8.39. The van der Waals surface area contributed by atoms with Crippen LogP contribution < -0.4 is 10.6 Å². The number of amides is 1. The van der Waals surface area contributed by atoms with E-state index in [1.165, 1.54) is 0 Å². The van der Waals surface area contributed by atoms with Crippen molar-refractivity contribution < 1.29 is 27.4 Å². The van der Waals surface area contributed by atoms with E-state index in [9.17, 15) is 18.0 Å². The SMILES string of the molecule is CCOC(=O)N1CCC(NC(=NC)NCCCOCC(F)(F)F)CC1.I. The molecule has 0 radical (unpaired) electrons. The topological polar surface area (TPSA) is 75.2 Å². The van der Waals surface area contributed by atoms with E-state index < -0.39 is 12.8 Å². The van der Waals surface area contributed by atoms with Crippen molar-refractivity contribution in [3.8, 4) is 0 Å². The average Bonchev–Trinajstić information content (AvgIpc) is 2.56. The van der Waals surface area contributed by atoms with Gasteiger partial charge in [-0.25, -0.2) is 4.79 Å². The van der Waals surface area contributed by atoms with Gasteiger partial charge in [-0.3, -0.25) is 4.99 Å². The first-order chi connectivity index (χ1) is 11.9. The third kappa shape index (κ3) is 10.9. The predicted octanol–water partition coefficient (Wildman–Crippen LogP) is 2.36. The Hall–Kier alpha value is -0.980. The van der Waals surface area contributed by atoms with E-state index in [1.54, 1.807) is 18.9 Å². The third-order valence-corrected chi connectivity index (χ3v) is 3.61. The summed E-state index contributed by atoms with van der Waals surface area (Å²) >= 11 is 0. The van der Waals surface area contributed by atoms with Crippen molar-refractivity contribution in [2.75, 3.05) is 46.5 Å². The van der Waals surface area contributed by atoms with Crippen molar-refractivity contribution in [3.05, 3.63) is 0 Å². The smallest absolute Gasteiger partial charge is 0.411 e. The summed E-state index contributed by atoms with van der Waals surface area (Å²) < 4.78 is 45.3. The highest BCUT2D eigenvalue weighted by molar-refractivity contribution is 14.0. The first kappa shape index (κ1) is 25.0. The van der Waals surface area contributed by atoms with Crippen LogP contribution >= 0.6 is 24.0 Å². The quantitative estimate of drug-likeness (QED) is 0.245. The van der Waals surface area contributed by atoms with Gasteiger partial charge in [0, 0.05) is 39.3 Å². The van der Waals surface area contributed by atoms with Crippen LogP contribution in [0.15, 0.2) is 4.99 Å². The molecule has 1 amide bonds. The minimum absolute atomic E-state index is 0. The van der Waals surface area contributed by atoms with Gasteiger partial charge in [0.2, 0.25) is 0 Å². The van der Waals surface area contributed by atoms with Gasteiger partial charge in [0.15, 0.2) is 5.96 Å². The Bertz CT molecular complexity index is 431. The zero-order valence-corrected chi connectivity index (χ0v) is 17.4. The summed E-state index contributed by atoms with van der Waals surface area (Å²) in [4.78, 5) is 17.4. The van der Waals surface area contributed by atoms with E-state index in [-0.39, 0.29) is 42.7 Å². The molecule has 0 aromatic carbocycles. The van der Waals surface area contributed by atoms with Crippen molar-refractivity contribution in [1.29, 1.82) is 0 Å². The summed E-state index contributed by atoms with van der Waals surface area (Å²) in [6.45, 7) is 2.62. The van der Waals surface area contributed by atoms with Crippen LogP contribution in [-0.4, -0.2) is 75.7 Å². The Morgan fingerprint density at radius 1 is 1.31 bits per heavy atom. The third-order valence-electron chi connectivity index (χ3n) is 3.61. The van der Waals surface area contributed by atoms with Gasteiger partial charge in [-0.2, -0.15) is 13.2 Å². The second-order valence-electron chi connectivity index (χ2n) is 5.62. The van der Waals surface area contributed by atoms with Crippen LogP contribution in [0.25, 0.3) is 0 Å². The zero-order valence-electron chi connectivity index (χ0n) is 15.1. The van der Waals surface area contributed by atoms with E-state index >= 15 is 0 Å². The molecule has 1 aliphatic heterocycles. The van der Waals surface area contributed by atoms with Crippen molar-refractivity contribution >= 4 is 36.0 Å². The number of likely N-dealkylation sites (tertiary alicyclic amines) is 1. The molecule has 2 N–H and O–H groups in total. The minimum Gasteiger partial charge on any atom is -0.450 e. The molecular formula is C15H28F3IN4O3. The van der Waals surface area contributed by atoms with Crippen molar-refractivity contribution in [2.24, 2.45) is 4.99 Å². The fourth-order valence-corrected chi connectivity index (χ4v) is 2.38. The lowest BCUT2D eigenvalue weighted by Crippen LogP contribution is -2.50. The zero-order chi connectivity index (χ0) is 18.7. The predicted molar refractivity (Wildman–Crippen MR) is 103 cm³/mol. The van der Waals surface area contributed by atoms with Gasteiger partial charge in [0.05, 0.1) is 6.61 Å². The number of alkyl halides is 3. The summed E-state index contributed by atoms with van der Waals surface area (Å²) in [7, 11) is 1.63. The molecule has 1 rings (SSSR count). The fraction of sp³-hybridized carbons (Fsp3) is 0.867. The Labute approximate surface area is 169 Å². The van der Waals surface area contributed by atoms with Gasteiger partial charge in [-0.05, 0) is 26.2 Å². The summed E-state index contributed by atoms with van der Waals surface area (Å²) in [5.74, 6) is 0.588. The van der Waals surface area contributed by atoms with E-state index in [2.05, 4.69) is 20.4 Å². The lowest BCUT2D eigenvalue weighted by molar-refractivity contribution is -0.173. The molecule has 7 nitrogen and oxygen atoms in total. The Morgan fingerprint density at radius 3 is 2.50 bits per heavy atom. The molecule has 0 unspecified atom stereocenters. The molecule has 1 saturated heterocycles. The van der Waals surface area contributed by atoms with Gasteiger partial charge >= 0.3 is 12.3 Å². The Morgan fingerprint density at radius 2 is 1.96 bits per heavy atom. The van der Waals surface area contributed by atoms with Crippen molar-refractivity contribution in [3.63, 3.8) is 0 Å². The molecule has 0 aromatic heterocycles. The summed E-state index contributed by atoms with van der Waals surface area (Å²) in [5.41, 5.74) is 0. The molecule has 26 heavy (non-hydrogen) atoms. The molecule has 0 atom stereocenters. The van der Waals surface area contributed by atoms with Crippen molar-refractivity contribution in [2.45, 2.75) is 38.4 Å². The highest BCUT2D eigenvalue weighted by Crippen LogP contribution is 2.14. The summed E-state index contributed by atoms with van der Waals surface area (Å²) in [6, 6.07) is 0.179. The number of hydrogen-bond donors (Lipinski definition) is 2. The molecule has 154 valence electrons. The second-order valence-corrected chi connectivity index (χ2v) is 5.62. The highest BCUT2D eigenvalue weighted by atomic mass is 127. The largest absolute Gasteiger partial charge is 0.450 e. The molecule has 11 heteroatoms. The first-order valence-corrected chi connectivity index (χ1v) is 8.39. The van der Waals surface area contributed by atoms with Crippen LogP contribution in [0.1, 0.15) is 26.2 Å². The van der Waals surface area contributed by atoms with Crippen LogP contribution in [-0.2, 0) is 9.47 Å². The van der Waals surface area contributed by atoms with Crippen molar-refractivity contribution in [1.82, 2.24) is 15.5 Å². The molecule has 0 spiro atoms. The molecule has 0 aromatic rings. The van der Waals surface area contributed by atoms with Crippen LogP contribution in [0, 0.1) is 0 Å². The number of nitrogens with zero attached hydrogens (tertiary/aromatic N) is 2. The monoisotopic (exact) mass is 496 g/mol. The molecular weight excluding hydrogens is 468 g/mol. The summed E-state index contributed by atoms with van der Waals surface area (Å²) in [5, 5.41) is 6.29. The number of ether oxygens (including phenoxy) is 2. The Balaban J connectivity index is 0.00000625. The van der Waals surface area contributed by atoms with E-state index in [1.807, 2.05) is 0 Å². The van der Waals surface area contributed by atoms with E-state index in [0.717, 1.165) is 12.8 Å². The normalized spacial score (nSPS) is 16.0. The number of hydrogen-bond acceptors (Lipinski definition) is 4. The fourth-order valence-electron chi connectivity index (χ4n) is 2.38. The van der Waals surface area contributed by atoms with Gasteiger partial charge in [0.25, 0.3) is 0 Å². The second kappa shape index (κ2) is 13.2. The average molecular weight is 496 g/mol. The van der Waals surface area contributed by atoms with Gasteiger partial charge < -0.3 is 25.0 Å². The van der Waals surface area contributed by atoms with E-state index in [0.29, 0.717) is 38.6 Å². The highest BCUT2D eigenvalue weighted by Gasteiger charge is 2.27. The number of piperidine rings is 1. The van der Waals surface area contributed by atoms with Crippen LogP contribution in [0.5, 0.6) is 0 Å². The Kier molecular flexibility index (Phi) is 12.7. The number of nitrogens with one attached hydrogen (secondary N) is 2. The maximum absolute atomic E-state index is 11.9. The minimum atomic E-state index is -4.29. The van der Waals surface area contributed by atoms with E-state index in [4.69, 9.17) is 4.74 Å². The maximum atomic E-state index is 11.9. The molecule has 1 aliphatic rings. The number of guanidine groups is 1. The number of aliphatic imine (C=N–C) groups is 1. The summed E-state index contributed by atoms with van der Waals surface area (Å²) in [6.07, 6.45) is -2.59. The van der Waals surface area contributed by atoms with Gasteiger partial charge in [-0.1, -0.05) is 0 Å². The lowest BCUT2D eigenvalue weighted by Gasteiger charge is -2.32. The molecule has 0 aliphatic carbocycles. The molecule has 0 saturated carbocycles. The molecule has 0 bridgehead atoms. The van der Waals surface area contributed by atoms with Gasteiger partial charge in [-0.15, -0.1) is 24.0 Å². The molecule has 1 fully saturated rings. The van der Waals surface area contributed by atoms with Gasteiger partial charge in [0.1, 0.15) is 6.61 Å². The number of carbonyl (C=O) groups is 1. The standard InChI is InChI=1S/C15H27F3N4O3.HI/c1-3-25-14(23)22-8-5-12(6-9-22)21-13(19-2)20-7-4-10-24-11-15(16,17)18;/h12H,3-11H2,1-2H3,(H2,19,20,21);1H. The lowest BCUT2D eigenvalue weighted by atomic mass is 10.1. The van der Waals surface area contributed by atoms with Crippen LogP contribution in [0.2, 0.25) is 0 Å². The number of halogens is 4.